The minimum Gasteiger partial charge on any atom is -0.463 e. The highest BCUT2D eigenvalue weighted by Gasteiger charge is 1.99. The van der Waals surface area contributed by atoms with E-state index in [2.05, 4.69) is 6.58 Å². The number of hydrogen-bond acceptors (Lipinski definition) is 2. The Kier molecular flexibility index (Phi) is 20.3. The Morgan fingerprint density at radius 2 is 1.20 bits per heavy atom. The molecule has 0 aromatic heterocycles. The lowest BCUT2D eigenvalue weighted by Gasteiger charge is -2.04. The molecule has 0 aliphatic carbocycles. The van der Waals surface area contributed by atoms with Crippen LogP contribution in [0, 0.1) is 0 Å². The summed E-state index contributed by atoms with van der Waals surface area (Å²) in [6, 6.07) is 1.30. The molecule has 0 N–H and O–H groups in total. The lowest BCUT2D eigenvalue weighted by molar-refractivity contribution is -0.137. The summed E-state index contributed by atoms with van der Waals surface area (Å²) in [5, 5.41) is 0. The minimum atomic E-state index is -0.308. The van der Waals surface area contributed by atoms with Gasteiger partial charge >= 0.3 is 5.97 Å². The zero-order valence-electron chi connectivity index (χ0n) is 16.0. The van der Waals surface area contributed by atoms with E-state index in [1.54, 1.807) is 0 Å². The minimum absolute atomic E-state index is 0.0398. The number of halogens is 2. The molecule has 5 heteroatoms. The number of carbonyl (C=O) groups is 1. The summed E-state index contributed by atoms with van der Waals surface area (Å²) in [6.45, 7) is 3.91. The molecule has 0 aromatic rings. The average molecular weight is 410 g/mol. The van der Waals surface area contributed by atoms with Crippen LogP contribution < -0.4 is 0 Å². The van der Waals surface area contributed by atoms with Gasteiger partial charge in [-0.2, -0.15) is 0 Å². The Bertz CT molecular complexity index is 312. The van der Waals surface area contributed by atoms with Gasteiger partial charge in [0.25, 0.3) is 0 Å². The predicted molar refractivity (Wildman–Crippen MR) is 115 cm³/mol. The summed E-state index contributed by atoms with van der Waals surface area (Å²) >= 11 is 11.5. The fourth-order valence-electron chi connectivity index (χ4n) is 2.93. The molecule has 0 saturated carbocycles. The maximum atomic E-state index is 10.8. The van der Waals surface area contributed by atoms with E-state index in [1.807, 2.05) is 0 Å². The molecule has 25 heavy (non-hydrogen) atoms. The highest BCUT2D eigenvalue weighted by Crippen LogP contribution is 2.14. The number of alkyl halides is 2. The Hall–Kier alpha value is 0.00688. The molecule has 0 aliphatic heterocycles. The van der Waals surface area contributed by atoms with Crippen molar-refractivity contribution < 1.29 is 9.53 Å². The molecule has 0 atom stereocenters. The summed E-state index contributed by atoms with van der Waals surface area (Å²) in [5.41, 5.74) is 0. The molecule has 0 heterocycles. The van der Waals surface area contributed by atoms with Crippen LogP contribution in [0.3, 0.4) is 0 Å². The number of carbonyl (C=O) groups excluding carboxylic acids is 1. The maximum Gasteiger partial charge on any atom is 0.330 e. The van der Waals surface area contributed by atoms with Crippen LogP contribution in [0.5, 0.6) is 0 Å². The van der Waals surface area contributed by atoms with Gasteiger partial charge in [-0.05, 0) is 6.42 Å². The summed E-state index contributed by atoms with van der Waals surface area (Å²) < 4.78 is 4.91. The topological polar surface area (TPSA) is 26.3 Å². The van der Waals surface area contributed by atoms with E-state index >= 15 is 0 Å². The van der Waals surface area contributed by atoms with Gasteiger partial charge in [-0.3, -0.25) is 0 Å². The van der Waals surface area contributed by atoms with Crippen molar-refractivity contribution in [2.75, 3.05) is 6.61 Å². The molecule has 0 amide bonds. The SMILES string of the molecule is C=CC(=O)OCCCCCCCCCCCCCCCC[SiH2]C(Cl)Cl. The zero-order valence-corrected chi connectivity index (χ0v) is 18.9. The first-order valence-corrected chi connectivity index (χ1v) is 12.9. The lowest BCUT2D eigenvalue weighted by Crippen LogP contribution is -2.01. The van der Waals surface area contributed by atoms with Crippen molar-refractivity contribution >= 4 is 38.7 Å². The highest BCUT2D eigenvalue weighted by atomic mass is 35.5. The van der Waals surface area contributed by atoms with Crippen molar-refractivity contribution in [2.24, 2.45) is 0 Å². The number of hydrogen-bond donors (Lipinski definition) is 0. The summed E-state index contributed by atoms with van der Waals surface area (Å²) in [4.78, 5) is 10.8. The van der Waals surface area contributed by atoms with E-state index in [-0.39, 0.29) is 19.9 Å². The second kappa shape index (κ2) is 20.3. The summed E-state index contributed by atoms with van der Waals surface area (Å²) in [6.07, 6.45) is 19.7. The predicted octanol–water partition coefficient (Wildman–Crippen LogP) is 6.53. The molecule has 0 fully saturated rings. The molecule has 0 unspecified atom stereocenters. The van der Waals surface area contributed by atoms with Crippen LogP contribution in [0.1, 0.15) is 89.9 Å². The van der Waals surface area contributed by atoms with E-state index < -0.39 is 0 Å². The van der Waals surface area contributed by atoms with Gasteiger partial charge in [-0.25, -0.2) is 4.79 Å². The maximum absolute atomic E-state index is 10.8. The molecule has 0 aromatic carbocycles. The van der Waals surface area contributed by atoms with Crippen LogP contribution in [0.25, 0.3) is 0 Å². The third kappa shape index (κ3) is 22.0. The number of ether oxygens (including phenoxy) is 1. The standard InChI is InChI=1S/C20H38Cl2O2Si/c1-2-19(23)24-17-15-13-11-9-7-5-3-4-6-8-10-12-14-16-18-25-20(21)22/h2,20H,1,3-18,25H2. The molecule has 0 aliphatic rings. The van der Waals surface area contributed by atoms with E-state index in [4.69, 9.17) is 27.9 Å². The third-order valence-corrected chi connectivity index (χ3v) is 7.13. The van der Waals surface area contributed by atoms with Gasteiger partial charge in [0.2, 0.25) is 0 Å². The van der Waals surface area contributed by atoms with Crippen molar-refractivity contribution in [3.8, 4) is 0 Å². The Morgan fingerprint density at radius 3 is 1.60 bits per heavy atom. The largest absolute Gasteiger partial charge is 0.463 e. The van der Waals surface area contributed by atoms with Gasteiger partial charge in [-0.15, -0.1) is 23.2 Å². The zero-order chi connectivity index (χ0) is 18.6. The van der Waals surface area contributed by atoms with Gasteiger partial charge in [0, 0.05) is 6.08 Å². The van der Waals surface area contributed by atoms with Crippen LogP contribution in [0.15, 0.2) is 12.7 Å². The smallest absolute Gasteiger partial charge is 0.330 e. The second-order valence-corrected chi connectivity index (χ2v) is 11.3. The fourth-order valence-corrected chi connectivity index (χ4v) is 4.81. The third-order valence-electron chi connectivity index (χ3n) is 4.48. The van der Waals surface area contributed by atoms with Crippen molar-refractivity contribution in [3.63, 3.8) is 0 Å². The first-order chi connectivity index (χ1) is 12.2. The fraction of sp³-hybridized carbons (Fsp3) is 0.850. The van der Waals surface area contributed by atoms with Gasteiger partial charge < -0.3 is 4.74 Å². The van der Waals surface area contributed by atoms with Gasteiger partial charge in [0.05, 0.1) is 20.6 Å². The quantitative estimate of drug-likeness (QED) is 0.0797. The van der Waals surface area contributed by atoms with Gasteiger partial charge in [0.1, 0.15) is 0 Å². The number of unbranched alkanes of at least 4 members (excludes halogenated alkanes) is 13. The van der Waals surface area contributed by atoms with Crippen LogP contribution in [0.2, 0.25) is 6.04 Å². The molecular weight excluding hydrogens is 371 g/mol. The molecule has 0 radical (unpaired) electrons. The Balaban J connectivity index is 3.03. The number of rotatable bonds is 19. The van der Waals surface area contributed by atoms with Crippen molar-refractivity contribution in [1.29, 1.82) is 0 Å². The monoisotopic (exact) mass is 408 g/mol. The average Bonchev–Trinajstić information content (AvgIpc) is 2.60. The first kappa shape index (κ1) is 25.0. The van der Waals surface area contributed by atoms with Crippen molar-refractivity contribution in [1.82, 2.24) is 0 Å². The molecule has 0 spiro atoms. The Morgan fingerprint density at radius 1 is 0.800 bits per heavy atom. The molecule has 0 rings (SSSR count). The molecule has 0 saturated heterocycles. The van der Waals surface area contributed by atoms with Crippen molar-refractivity contribution in [2.45, 2.75) is 100 Å². The van der Waals surface area contributed by atoms with E-state index in [0.717, 1.165) is 12.8 Å². The molecule has 148 valence electrons. The van der Waals surface area contributed by atoms with E-state index in [9.17, 15) is 4.79 Å². The lowest BCUT2D eigenvalue weighted by atomic mass is 10.0. The van der Waals surface area contributed by atoms with Crippen LogP contribution in [0.4, 0.5) is 0 Å². The van der Waals surface area contributed by atoms with E-state index in [1.165, 1.54) is 89.2 Å². The van der Waals surface area contributed by atoms with Crippen LogP contribution >= 0.6 is 23.2 Å². The summed E-state index contributed by atoms with van der Waals surface area (Å²) in [7, 11) is -0.215. The number of esters is 1. The van der Waals surface area contributed by atoms with Gasteiger partial charge in [0.15, 0.2) is 0 Å². The second-order valence-electron chi connectivity index (χ2n) is 6.85. The highest BCUT2D eigenvalue weighted by molar-refractivity contribution is 6.68. The van der Waals surface area contributed by atoms with Crippen molar-refractivity contribution in [3.05, 3.63) is 12.7 Å². The molecule has 0 bridgehead atoms. The Labute approximate surface area is 167 Å². The van der Waals surface area contributed by atoms with Crippen LogP contribution in [-0.4, -0.2) is 26.6 Å². The molecule has 2 nitrogen and oxygen atoms in total. The normalized spacial score (nSPS) is 11.5. The molecular formula is C20H38Cl2O2Si. The van der Waals surface area contributed by atoms with E-state index in [0.29, 0.717) is 6.61 Å². The first-order valence-electron chi connectivity index (χ1n) is 10.2. The summed E-state index contributed by atoms with van der Waals surface area (Å²) in [5.74, 6) is -0.308. The van der Waals surface area contributed by atoms with Crippen LogP contribution in [-0.2, 0) is 9.53 Å². The van der Waals surface area contributed by atoms with Gasteiger partial charge in [-0.1, -0.05) is 96.1 Å².